The lowest BCUT2D eigenvalue weighted by Crippen LogP contribution is -2.39. The van der Waals surface area contributed by atoms with E-state index in [2.05, 4.69) is 4.98 Å². The Balaban J connectivity index is 2.22. The number of rotatable bonds is 6. The maximum Gasteiger partial charge on any atom is 0.323 e. The van der Waals surface area contributed by atoms with Crippen molar-refractivity contribution in [2.24, 2.45) is 5.92 Å². The molecule has 0 unspecified atom stereocenters. The summed E-state index contributed by atoms with van der Waals surface area (Å²) < 4.78 is 17.8. The van der Waals surface area contributed by atoms with E-state index >= 15 is 0 Å². The van der Waals surface area contributed by atoms with Gasteiger partial charge in [-0.3, -0.25) is 9.59 Å². The minimum absolute atomic E-state index is 0.584. The highest BCUT2D eigenvalue weighted by Crippen LogP contribution is 2.35. The first-order valence-electron chi connectivity index (χ1n) is 9.62. The van der Waals surface area contributed by atoms with Crippen molar-refractivity contribution >= 4 is 23.0 Å². The summed E-state index contributed by atoms with van der Waals surface area (Å²) in [5.74, 6) is -1.91. The molecule has 0 saturated heterocycles. The van der Waals surface area contributed by atoms with Gasteiger partial charge in [-0.15, -0.1) is 0 Å². The van der Waals surface area contributed by atoms with Crippen molar-refractivity contribution in [1.29, 1.82) is 0 Å². The van der Waals surface area contributed by atoms with Gasteiger partial charge in [0, 0.05) is 12.4 Å². The van der Waals surface area contributed by atoms with Crippen LogP contribution in [0.4, 0.5) is 0 Å². The summed E-state index contributed by atoms with van der Waals surface area (Å²) in [5, 5.41) is 0.772. The Morgan fingerprint density at radius 1 is 1.00 bits per heavy atom. The normalized spacial score (nSPS) is 13.5. The van der Waals surface area contributed by atoms with Crippen molar-refractivity contribution in [3.63, 3.8) is 0 Å². The molecule has 2 atom stereocenters. The maximum atomic E-state index is 13.1. The lowest BCUT2D eigenvalue weighted by atomic mass is 9.92. The van der Waals surface area contributed by atoms with E-state index in [1.54, 1.807) is 50.9 Å². The first-order chi connectivity index (χ1) is 14.3. The molecule has 0 radical (unpaired) electrons. The highest BCUT2D eigenvalue weighted by molar-refractivity contribution is 5.96. The standard InChI is InChI=1S/C23H26N2O5/c1-23(2,3)30-22(27)18(21(26)29-5)19(15-9-7-6-8-10-15)25-14-12-16-17(28-4)11-13-24-20(16)25/h6-14,18-19H,1-5H3/t18-,19+/m0/s1. The Kier molecular flexibility index (Phi) is 6.10. The van der Waals surface area contributed by atoms with Crippen molar-refractivity contribution in [2.75, 3.05) is 14.2 Å². The van der Waals surface area contributed by atoms with Gasteiger partial charge in [0.05, 0.1) is 25.6 Å². The van der Waals surface area contributed by atoms with Crippen LogP contribution in [0.2, 0.25) is 0 Å². The fourth-order valence-corrected chi connectivity index (χ4v) is 3.45. The Morgan fingerprint density at radius 3 is 2.30 bits per heavy atom. The van der Waals surface area contributed by atoms with Gasteiger partial charge in [-0.2, -0.15) is 0 Å². The number of carbonyl (C=O) groups excluding carboxylic acids is 2. The number of pyridine rings is 1. The van der Waals surface area contributed by atoms with Crippen molar-refractivity contribution in [3.05, 3.63) is 60.4 Å². The van der Waals surface area contributed by atoms with Gasteiger partial charge in [-0.05, 0) is 38.5 Å². The van der Waals surface area contributed by atoms with Gasteiger partial charge in [-0.25, -0.2) is 4.98 Å². The average Bonchev–Trinajstić information content (AvgIpc) is 3.14. The van der Waals surface area contributed by atoms with Crippen LogP contribution in [0, 0.1) is 5.92 Å². The number of methoxy groups -OCH3 is 2. The molecule has 0 aliphatic heterocycles. The van der Waals surface area contributed by atoms with E-state index in [4.69, 9.17) is 14.2 Å². The number of esters is 2. The summed E-state index contributed by atoms with van der Waals surface area (Å²) in [4.78, 5) is 30.5. The van der Waals surface area contributed by atoms with Crippen LogP contribution in [0.15, 0.2) is 54.9 Å². The average molecular weight is 410 g/mol. The Bertz CT molecular complexity index is 1040. The number of aromatic nitrogens is 2. The summed E-state index contributed by atoms with van der Waals surface area (Å²) in [7, 11) is 2.84. The zero-order chi connectivity index (χ0) is 21.9. The Labute approximate surface area is 175 Å². The fraction of sp³-hybridized carbons (Fsp3) is 0.348. The lowest BCUT2D eigenvalue weighted by molar-refractivity contribution is -0.169. The molecule has 0 N–H and O–H groups in total. The van der Waals surface area contributed by atoms with Gasteiger partial charge >= 0.3 is 11.9 Å². The predicted octanol–water partition coefficient (Wildman–Crippen LogP) is 3.77. The van der Waals surface area contributed by atoms with Crippen molar-refractivity contribution in [3.8, 4) is 5.75 Å². The molecule has 2 aromatic heterocycles. The zero-order valence-corrected chi connectivity index (χ0v) is 17.8. The number of benzene rings is 1. The van der Waals surface area contributed by atoms with Crippen LogP contribution >= 0.6 is 0 Å². The van der Waals surface area contributed by atoms with Gasteiger partial charge in [0.25, 0.3) is 0 Å². The van der Waals surface area contributed by atoms with Gasteiger partial charge in [-0.1, -0.05) is 30.3 Å². The molecule has 0 saturated carbocycles. The number of nitrogens with zero attached hydrogens (tertiary/aromatic N) is 2. The quantitative estimate of drug-likeness (QED) is 0.455. The van der Waals surface area contributed by atoms with E-state index in [0.29, 0.717) is 11.4 Å². The molecule has 0 aliphatic rings. The molecular formula is C23H26N2O5. The molecule has 30 heavy (non-hydrogen) atoms. The minimum Gasteiger partial charge on any atom is -0.496 e. The minimum atomic E-state index is -1.22. The Morgan fingerprint density at radius 2 is 1.70 bits per heavy atom. The van der Waals surface area contributed by atoms with E-state index in [1.165, 1.54) is 7.11 Å². The van der Waals surface area contributed by atoms with Crippen LogP contribution in [0.3, 0.4) is 0 Å². The van der Waals surface area contributed by atoms with E-state index in [1.807, 2.05) is 36.4 Å². The zero-order valence-electron chi connectivity index (χ0n) is 17.8. The van der Waals surface area contributed by atoms with Gasteiger partial charge < -0.3 is 18.8 Å². The topological polar surface area (TPSA) is 79.7 Å². The van der Waals surface area contributed by atoms with Crippen LogP contribution in [0.5, 0.6) is 5.75 Å². The van der Waals surface area contributed by atoms with Crippen LogP contribution in [0.25, 0.3) is 11.0 Å². The van der Waals surface area contributed by atoms with E-state index in [9.17, 15) is 9.59 Å². The molecule has 3 rings (SSSR count). The number of carbonyl (C=O) groups is 2. The molecule has 3 aromatic rings. The van der Waals surface area contributed by atoms with Crippen LogP contribution in [-0.4, -0.2) is 41.3 Å². The van der Waals surface area contributed by atoms with Crippen molar-refractivity contribution < 1.29 is 23.8 Å². The van der Waals surface area contributed by atoms with Crippen LogP contribution < -0.4 is 4.74 Å². The third-order valence-electron chi connectivity index (χ3n) is 4.67. The van der Waals surface area contributed by atoms with Crippen molar-refractivity contribution in [2.45, 2.75) is 32.4 Å². The number of hydrogen-bond acceptors (Lipinski definition) is 6. The summed E-state index contributed by atoms with van der Waals surface area (Å²) in [6.45, 7) is 5.27. The second-order valence-electron chi connectivity index (χ2n) is 7.86. The number of hydrogen-bond donors (Lipinski definition) is 0. The molecular weight excluding hydrogens is 384 g/mol. The predicted molar refractivity (Wildman–Crippen MR) is 112 cm³/mol. The van der Waals surface area contributed by atoms with E-state index in [-0.39, 0.29) is 0 Å². The smallest absolute Gasteiger partial charge is 0.323 e. The second-order valence-corrected chi connectivity index (χ2v) is 7.86. The van der Waals surface area contributed by atoms with Crippen LogP contribution in [-0.2, 0) is 19.1 Å². The molecule has 7 nitrogen and oxygen atoms in total. The SMILES string of the molecule is COC(=O)[C@@H](C(=O)OC(C)(C)C)[C@@H](c1ccccc1)n1ccc2c(OC)ccnc21. The molecule has 0 bridgehead atoms. The molecule has 7 heteroatoms. The van der Waals surface area contributed by atoms with Gasteiger partial charge in [0.2, 0.25) is 0 Å². The first-order valence-corrected chi connectivity index (χ1v) is 9.62. The van der Waals surface area contributed by atoms with Gasteiger partial charge in [0.1, 0.15) is 17.0 Å². The molecule has 0 spiro atoms. The fourth-order valence-electron chi connectivity index (χ4n) is 3.45. The highest BCUT2D eigenvalue weighted by atomic mass is 16.6. The third kappa shape index (κ3) is 4.30. The lowest BCUT2D eigenvalue weighted by Gasteiger charge is -2.29. The summed E-state index contributed by atoms with van der Waals surface area (Å²) in [5.41, 5.74) is 0.576. The molecule has 1 aromatic carbocycles. The van der Waals surface area contributed by atoms with E-state index < -0.39 is 29.5 Å². The van der Waals surface area contributed by atoms with Gasteiger partial charge in [0.15, 0.2) is 5.92 Å². The third-order valence-corrected chi connectivity index (χ3v) is 4.67. The summed E-state index contributed by atoms with van der Waals surface area (Å²) in [6, 6.07) is 12.2. The van der Waals surface area contributed by atoms with E-state index in [0.717, 1.165) is 10.9 Å². The highest BCUT2D eigenvalue weighted by Gasteiger charge is 2.41. The second kappa shape index (κ2) is 8.57. The Hall–Kier alpha value is -3.35. The largest absolute Gasteiger partial charge is 0.496 e. The number of ether oxygens (including phenoxy) is 3. The van der Waals surface area contributed by atoms with Crippen LogP contribution in [0.1, 0.15) is 32.4 Å². The summed E-state index contributed by atoms with van der Waals surface area (Å²) >= 11 is 0. The first kappa shape index (κ1) is 21.4. The molecule has 2 heterocycles. The molecule has 0 aliphatic carbocycles. The van der Waals surface area contributed by atoms with Crippen molar-refractivity contribution in [1.82, 2.24) is 9.55 Å². The monoisotopic (exact) mass is 410 g/mol. The maximum absolute atomic E-state index is 13.1. The molecule has 0 fully saturated rings. The summed E-state index contributed by atoms with van der Waals surface area (Å²) in [6.07, 6.45) is 3.42. The molecule has 0 amide bonds. The number of fused-ring (bicyclic) bond motifs is 1. The molecule has 158 valence electrons.